The Morgan fingerprint density at radius 3 is 2.56 bits per heavy atom. The highest BCUT2D eigenvalue weighted by atomic mass is 16.5. The number of nitrogen functional groups attached to an aromatic ring is 1. The van der Waals surface area contributed by atoms with E-state index in [2.05, 4.69) is 5.32 Å². The van der Waals surface area contributed by atoms with Gasteiger partial charge in [0.25, 0.3) is 5.91 Å². The molecular weight excluding hydrogens is 228 g/mol. The predicted molar refractivity (Wildman–Crippen MR) is 73.6 cm³/mol. The number of amides is 1. The SMILES string of the molecule is Cc1ccc(N)cc1OC(C)C(=O)NC(C)(C)C. The van der Waals surface area contributed by atoms with E-state index in [1.807, 2.05) is 39.8 Å². The summed E-state index contributed by atoms with van der Waals surface area (Å²) in [6.45, 7) is 9.45. The Kier molecular flexibility index (Phi) is 4.22. The molecule has 0 heterocycles. The first kappa shape index (κ1) is 14.4. The minimum atomic E-state index is -0.551. The summed E-state index contributed by atoms with van der Waals surface area (Å²) in [5, 5.41) is 2.88. The lowest BCUT2D eigenvalue weighted by atomic mass is 10.1. The van der Waals surface area contributed by atoms with Gasteiger partial charge in [-0.1, -0.05) is 6.07 Å². The molecule has 1 aromatic rings. The van der Waals surface area contributed by atoms with Crippen molar-refractivity contribution in [1.29, 1.82) is 0 Å². The molecule has 1 aromatic carbocycles. The van der Waals surface area contributed by atoms with Crippen LogP contribution in [0.15, 0.2) is 18.2 Å². The summed E-state index contributed by atoms with van der Waals surface area (Å²) in [5.41, 5.74) is 7.02. The van der Waals surface area contributed by atoms with Gasteiger partial charge < -0.3 is 15.8 Å². The van der Waals surface area contributed by atoms with Gasteiger partial charge in [-0.15, -0.1) is 0 Å². The van der Waals surface area contributed by atoms with Crippen LogP contribution in [0.4, 0.5) is 5.69 Å². The van der Waals surface area contributed by atoms with Gasteiger partial charge in [-0.3, -0.25) is 4.79 Å². The second-order valence-corrected chi connectivity index (χ2v) is 5.52. The third kappa shape index (κ3) is 4.28. The first-order chi connectivity index (χ1) is 8.19. The number of rotatable bonds is 3. The molecule has 1 rings (SSSR count). The van der Waals surface area contributed by atoms with E-state index in [0.717, 1.165) is 5.56 Å². The van der Waals surface area contributed by atoms with Crippen LogP contribution >= 0.6 is 0 Å². The van der Waals surface area contributed by atoms with Crippen molar-refractivity contribution in [2.45, 2.75) is 46.3 Å². The summed E-state index contributed by atoms with van der Waals surface area (Å²) in [6.07, 6.45) is -0.551. The van der Waals surface area contributed by atoms with Crippen molar-refractivity contribution in [3.8, 4) is 5.75 Å². The van der Waals surface area contributed by atoms with Crippen LogP contribution in [0, 0.1) is 6.92 Å². The summed E-state index contributed by atoms with van der Waals surface area (Å²) < 4.78 is 5.64. The van der Waals surface area contributed by atoms with E-state index >= 15 is 0 Å². The Hall–Kier alpha value is -1.71. The van der Waals surface area contributed by atoms with Crippen LogP contribution in [0.2, 0.25) is 0 Å². The summed E-state index contributed by atoms with van der Waals surface area (Å²) >= 11 is 0. The third-order valence-electron chi connectivity index (χ3n) is 2.38. The lowest BCUT2D eigenvalue weighted by molar-refractivity contribution is -0.128. The van der Waals surface area contributed by atoms with Gasteiger partial charge >= 0.3 is 0 Å². The number of nitrogens with one attached hydrogen (secondary N) is 1. The lowest BCUT2D eigenvalue weighted by Crippen LogP contribution is -2.46. The van der Waals surface area contributed by atoms with E-state index in [-0.39, 0.29) is 11.4 Å². The first-order valence-electron chi connectivity index (χ1n) is 6.04. The molecule has 4 heteroatoms. The third-order valence-corrected chi connectivity index (χ3v) is 2.38. The van der Waals surface area contributed by atoms with E-state index < -0.39 is 6.10 Å². The van der Waals surface area contributed by atoms with Gasteiger partial charge in [0, 0.05) is 17.3 Å². The van der Waals surface area contributed by atoms with Crippen LogP contribution in [0.5, 0.6) is 5.75 Å². The number of ether oxygens (including phenoxy) is 1. The highest BCUT2D eigenvalue weighted by molar-refractivity contribution is 5.81. The number of hydrogen-bond donors (Lipinski definition) is 2. The maximum absolute atomic E-state index is 11.9. The number of anilines is 1. The van der Waals surface area contributed by atoms with Crippen LogP contribution in [-0.4, -0.2) is 17.6 Å². The smallest absolute Gasteiger partial charge is 0.261 e. The number of nitrogens with two attached hydrogens (primary N) is 1. The summed E-state index contributed by atoms with van der Waals surface area (Å²) in [5.74, 6) is 0.510. The minimum absolute atomic E-state index is 0.135. The molecule has 0 spiro atoms. The van der Waals surface area contributed by atoms with Gasteiger partial charge in [0.1, 0.15) is 5.75 Å². The van der Waals surface area contributed by atoms with Crippen molar-refractivity contribution >= 4 is 11.6 Å². The molecule has 0 aromatic heterocycles. The summed E-state index contributed by atoms with van der Waals surface area (Å²) in [6, 6.07) is 5.41. The van der Waals surface area contributed by atoms with Crippen molar-refractivity contribution in [2.24, 2.45) is 0 Å². The van der Waals surface area contributed by atoms with Gasteiger partial charge in [0.2, 0.25) is 0 Å². The van der Waals surface area contributed by atoms with Crippen molar-refractivity contribution < 1.29 is 9.53 Å². The van der Waals surface area contributed by atoms with Gasteiger partial charge in [-0.05, 0) is 46.2 Å². The second-order valence-electron chi connectivity index (χ2n) is 5.52. The largest absolute Gasteiger partial charge is 0.481 e. The molecule has 0 saturated heterocycles. The zero-order valence-corrected chi connectivity index (χ0v) is 11.7. The Bertz CT molecular complexity index is 436. The Morgan fingerprint density at radius 1 is 1.39 bits per heavy atom. The number of benzene rings is 1. The average Bonchev–Trinajstić information content (AvgIpc) is 2.21. The van der Waals surface area contributed by atoms with Crippen LogP contribution in [0.25, 0.3) is 0 Å². The number of hydrogen-bond acceptors (Lipinski definition) is 3. The molecule has 0 bridgehead atoms. The standard InChI is InChI=1S/C14H22N2O2/c1-9-6-7-11(15)8-12(9)18-10(2)13(17)16-14(3,4)5/h6-8,10H,15H2,1-5H3,(H,16,17). The quantitative estimate of drug-likeness (QED) is 0.809. The molecule has 100 valence electrons. The number of carbonyl (C=O) groups is 1. The number of carbonyl (C=O) groups excluding carboxylic acids is 1. The molecule has 0 saturated carbocycles. The van der Waals surface area contributed by atoms with E-state index in [1.54, 1.807) is 13.0 Å². The molecule has 4 nitrogen and oxygen atoms in total. The molecule has 0 aliphatic rings. The molecule has 0 fully saturated rings. The highest BCUT2D eigenvalue weighted by Gasteiger charge is 2.20. The summed E-state index contributed by atoms with van der Waals surface area (Å²) in [4.78, 5) is 11.9. The molecule has 1 amide bonds. The first-order valence-corrected chi connectivity index (χ1v) is 6.04. The Morgan fingerprint density at radius 2 is 2.00 bits per heavy atom. The molecule has 1 atom stereocenters. The van der Waals surface area contributed by atoms with Crippen molar-refractivity contribution in [3.05, 3.63) is 23.8 Å². The highest BCUT2D eigenvalue weighted by Crippen LogP contribution is 2.22. The fourth-order valence-corrected chi connectivity index (χ4v) is 1.46. The van der Waals surface area contributed by atoms with Crippen molar-refractivity contribution in [1.82, 2.24) is 5.32 Å². The van der Waals surface area contributed by atoms with E-state index in [0.29, 0.717) is 11.4 Å². The predicted octanol–water partition coefficient (Wildman–Crippen LogP) is 2.26. The van der Waals surface area contributed by atoms with Gasteiger partial charge in [0.15, 0.2) is 6.10 Å². The van der Waals surface area contributed by atoms with Crippen LogP contribution in [0.1, 0.15) is 33.3 Å². The molecule has 0 aliphatic heterocycles. The Labute approximate surface area is 109 Å². The lowest BCUT2D eigenvalue weighted by Gasteiger charge is -2.24. The zero-order valence-electron chi connectivity index (χ0n) is 11.7. The van der Waals surface area contributed by atoms with Crippen LogP contribution in [-0.2, 0) is 4.79 Å². The van der Waals surface area contributed by atoms with Crippen LogP contribution < -0.4 is 15.8 Å². The van der Waals surface area contributed by atoms with Crippen LogP contribution in [0.3, 0.4) is 0 Å². The maximum Gasteiger partial charge on any atom is 0.261 e. The second kappa shape index (κ2) is 5.29. The monoisotopic (exact) mass is 250 g/mol. The van der Waals surface area contributed by atoms with Gasteiger partial charge in [-0.25, -0.2) is 0 Å². The average molecular weight is 250 g/mol. The molecule has 1 unspecified atom stereocenters. The van der Waals surface area contributed by atoms with Crippen molar-refractivity contribution in [3.63, 3.8) is 0 Å². The van der Waals surface area contributed by atoms with E-state index in [1.165, 1.54) is 0 Å². The fourth-order valence-electron chi connectivity index (χ4n) is 1.46. The number of aryl methyl sites for hydroxylation is 1. The molecule has 3 N–H and O–H groups in total. The van der Waals surface area contributed by atoms with E-state index in [9.17, 15) is 4.79 Å². The maximum atomic E-state index is 11.9. The molecule has 18 heavy (non-hydrogen) atoms. The topological polar surface area (TPSA) is 64.3 Å². The van der Waals surface area contributed by atoms with Crippen molar-refractivity contribution in [2.75, 3.05) is 5.73 Å². The summed E-state index contributed by atoms with van der Waals surface area (Å²) in [7, 11) is 0. The van der Waals surface area contributed by atoms with E-state index in [4.69, 9.17) is 10.5 Å². The fraction of sp³-hybridized carbons (Fsp3) is 0.500. The van der Waals surface area contributed by atoms with Gasteiger partial charge in [0.05, 0.1) is 0 Å². The normalized spacial score (nSPS) is 12.9. The molecule has 0 radical (unpaired) electrons. The Balaban J connectivity index is 2.72. The molecule has 0 aliphatic carbocycles. The zero-order chi connectivity index (χ0) is 13.9. The minimum Gasteiger partial charge on any atom is -0.481 e. The molecular formula is C14H22N2O2. The van der Waals surface area contributed by atoms with Gasteiger partial charge in [-0.2, -0.15) is 0 Å².